The number of hydrogen-bond acceptors (Lipinski definition) is 4. The summed E-state index contributed by atoms with van der Waals surface area (Å²) in [7, 11) is 0. The number of hydrogen-bond donors (Lipinski definition) is 1. The van der Waals surface area contributed by atoms with Crippen molar-refractivity contribution < 1.29 is 9.53 Å². The molecule has 0 aliphatic rings. The number of aromatic amines is 1. The molecular formula is C18H15BrN2O3. The summed E-state index contributed by atoms with van der Waals surface area (Å²) >= 11 is 3.41. The molecule has 0 bridgehead atoms. The summed E-state index contributed by atoms with van der Waals surface area (Å²) in [6.45, 7) is 0.210. The van der Waals surface area contributed by atoms with Gasteiger partial charge in [-0.2, -0.15) is 0 Å². The Kier molecular flexibility index (Phi) is 5.05. The first-order chi connectivity index (χ1) is 11.6. The molecule has 0 aliphatic heterocycles. The molecule has 5 nitrogen and oxygen atoms in total. The standard InChI is InChI=1S/C18H15BrN2O3/c19-14-7-3-1-5-12(14)11-24-17(22)10-9-16-20-15-8-4-2-6-13(15)18(23)21-16/h1-8H,9-11H2,(H,20,21,23). The van der Waals surface area contributed by atoms with E-state index in [1.165, 1.54) is 0 Å². The van der Waals surface area contributed by atoms with Gasteiger partial charge in [-0.05, 0) is 18.2 Å². The maximum Gasteiger partial charge on any atom is 0.306 e. The number of rotatable bonds is 5. The predicted molar refractivity (Wildman–Crippen MR) is 94.6 cm³/mol. The van der Waals surface area contributed by atoms with Crippen LogP contribution in [0.2, 0.25) is 0 Å². The van der Waals surface area contributed by atoms with Crippen molar-refractivity contribution in [1.82, 2.24) is 9.97 Å². The van der Waals surface area contributed by atoms with Crippen LogP contribution in [0.5, 0.6) is 0 Å². The fourth-order valence-electron chi connectivity index (χ4n) is 2.32. The highest BCUT2D eigenvalue weighted by molar-refractivity contribution is 9.10. The maximum atomic E-state index is 12.0. The molecule has 1 heterocycles. The Morgan fingerprint density at radius 3 is 2.71 bits per heavy atom. The number of nitrogens with zero attached hydrogens (tertiary/aromatic N) is 1. The molecule has 1 aromatic heterocycles. The van der Waals surface area contributed by atoms with E-state index in [1.807, 2.05) is 30.3 Å². The topological polar surface area (TPSA) is 72.0 Å². The number of aryl methyl sites for hydroxylation is 1. The number of carbonyl (C=O) groups is 1. The number of nitrogens with one attached hydrogen (secondary N) is 1. The van der Waals surface area contributed by atoms with Crippen LogP contribution in [0.1, 0.15) is 17.8 Å². The number of carbonyl (C=O) groups excluding carboxylic acids is 1. The molecule has 122 valence electrons. The lowest BCUT2D eigenvalue weighted by Gasteiger charge is -2.07. The van der Waals surface area contributed by atoms with E-state index in [9.17, 15) is 9.59 Å². The van der Waals surface area contributed by atoms with Gasteiger partial charge in [-0.3, -0.25) is 9.59 Å². The Morgan fingerprint density at radius 1 is 1.12 bits per heavy atom. The Bertz CT molecular complexity index is 937. The second kappa shape index (κ2) is 7.40. The fourth-order valence-corrected chi connectivity index (χ4v) is 2.72. The van der Waals surface area contributed by atoms with Crippen LogP contribution >= 0.6 is 15.9 Å². The van der Waals surface area contributed by atoms with Crippen LogP contribution in [0.25, 0.3) is 10.9 Å². The van der Waals surface area contributed by atoms with Crippen LogP contribution in [0.3, 0.4) is 0 Å². The van der Waals surface area contributed by atoms with Crippen molar-refractivity contribution in [2.24, 2.45) is 0 Å². The molecule has 0 fully saturated rings. The normalized spacial score (nSPS) is 10.7. The molecule has 6 heteroatoms. The van der Waals surface area contributed by atoms with Gasteiger partial charge in [0.2, 0.25) is 0 Å². The Hall–Kier alpha value is -2.47. The van der Waals surface area contributed by atoms with E-state index in [4.69, 9.17) is 4.74 Å². The van der Waals surface area contributed by atoms with Crippen LogP contribution in [0.15, 0.2) is 57.8 Å². The highest BCUT2D eigenvalue weighted by Crippen LogP contribution is 2.17. The Labute approximate surface area is 146 Å². The third kappa shape index (κ3) is 3.89. The molecule has 0 spiro atoms. The summed E-state index contributed by atoms with van der Waals surface area (Å²) in [5, 5.41) is 0.540. The summed E-state index contributed by atoms with van der Waals surface area (Å²) in [6, 6.07) is 14.7. The number of para-hydroxylation sites is 1. The minimum absolute atomic E-state index is 0.158. The molecule has 0 saturated heterocycles. The van der Waals surface area contributed by atoms with Crippen molar-refractivity contribution in [3.8, 4) is 0 Å². The monoisotopic (exact) mass is 386 g/mol. The highest BCUT2D eigenvalue weighted by atomic mass is 79.9. The summed E-state index contributed by atoms with van der Waals surface area (Å²) in [5.74, 6) is 0.151. The molecule has 1 N–H and O–H groups in total. The average Bonchev–Trinajstić information content (AvgIpc) is 2.59. The largest absolute Gasteiger partial charge is 0.461 e. The van der Waals surface area contributed by atoms with Crippen LogP contribution < -0.4 is 5.56 Å². The number of halogens is 1. The molecule has 0 radical (unpaired) electrons. The number of esters is 1. The van der Waals surface area contributed by atoms with Crippen molar-refractivity contribution in [3.05, 3.63) is 74.7 Å². The molecule has 0 saturated carbocycles. The van der Waals surface area contributed by atoms with Gasteiger partial charge in [-0.1, -0.05) is 46.3 Å². The van der Waals surface area contributed by atoms with Gasteiger partial charge in [-0.15, -0.1) is 0 Å². The Morgan fingerprint density at radius 2 is 1.88 bits per heavy atom. The predicted octanol–water partition coefficient (Wildman–Crippen LogP) is 3.36. The van der Waals surface area contributed by atoms with Gasteiger partial charge >= 0.3 is 5.97 Å². The zero-order valence-electron chi connectivity index (χ0n) is 12.8. The van der Waals surface area contributed by atoms with Gasteiger partial charge in [-0.25, -0.2) is 4.98 Å². The van der Waals surface area contributed by atoms with Crippen LogP contribution in [0.4, 0.5) is 0 Å². The van der Waals surface area contributed by atoms with E-state index in [2.05, 4.69) is 25.9 Å². The molecule has 2 aromatic carbocycles. The summed E-state index contributed by atoms with van der Waals surface area (Å²) in [4.78, 5) is 30.9. The summed E-state index contributed by atoms with van der Waals surface area (Å²) < 4.78 is 6.16. The highest BCUT2D eigenvalue weighted by Gasteiger charge is 2.08. The Balaban J connectivity index is 1.60. The van der Waals surface area contributed by atoms with Gasteiger partial charge < -0.3 is 9.72 Å². The molecule has 24 heavy (non-hydrogen) atoms. The second-order valence-corrected chi connectivity index (χ2v) is 6.14. The minimum Gasteiger partial charge on any atom is -0.461 e. The van der Waals surface area contributed by atoms with E-state index in [1.54, 1.807) is 18.2 Å². The zero-order chi connectivity index (χ0) is 16.9. The number of aromatic nitrogens is 2. The average molecular weight is 387 g/mol. The van der Waals surface area contributed by atoms with Gasteiger partial charge in [0, 0.05) is 16.5 Å². The first kappa shape index (κ1) is 16.4. The van der Waals surface area contributed by atoms with Crippen molar-refractivity contribution in [1.29, 1.82) is 0 Å². The summed E-state index contributed by atoms with van der Waals surface area (Å²) in [5.41, 5.74) is 1.33. The van der Waals surface area contributed by atoms with Gasteiger partial charge in [0.05, 0.1) is 17.3 Å². The number of fused-ring (bicyclic) bond motifs is 1. The van der Waals surface area contributed by atoms with Crippen LogP contribution in [0, 0.1) is 0 Å². The van der Waals surface area contributed by atoms with E-state index in [-0.39, 0.29) is 24.6 Å². The van der Waals surface area contributed by atoms with E-state index >= 15 is 0 Å². The second-order valence-electron chi connectivity index (χ2n) is 5.28. The van der Waals surface area contributed by atoms with Crippen molar-refractivity contribution in [2.75, 3.05) is 0 Å². The molecule has 0 unspecified atom stereocenters. The third-order valence-electron chi connectivity index (χ3n) is 3.57. The van der Waals surface area contributed by atoms with Gasteiger partial charge in [0.1, 0.15) is 12.4 Å². The lowest BCUT2D eigenvalue weighted by molar-refractivity contribution is -0.144. The SMILES string of the molecule is O=C(CCc1nc2ccccc2c(=O)[nH]1)OCc1ccccc1Br. The lowest BCUT2D eigenvalue weighted by atomic mass is 10.2. The molecule has 0 aliphatic carbocycles. The molecule has 0 amide bonds. The summed E-state index contributed by atoms with van der Waals surface area (Å²) in [6.07, 6.45) is 0.487. The lowest BCUT2D eigenvalue weighted by Crippen LogP contribution is -2.14. The van der Waals surface area contributed by atoms with E-state index < -0.39 is 0 Å². The fraction of sp³-hybridized carbons (Fsp3) is 0.167. The van der Waals surface area contributed by atoms with Crippen LogP contribution in [-0.2, 0) is 22.6 Å². The number of benzene rings is 2. The third-order valence-corrected chi connectivity index (χ3v) is 4.35. The van der Waals surface area contributed by atoms with Gasteiger partial charge in [0.15, 0.2) is 0 Å². The van der Waals surface area contributed by atoms with E-state index in [0.717, 1.165) is 10.0 Å². The smallest absolute Gasteiger partial charge is 0.306 e. The number of H-pyrrole nitrogens is 1. The van der Waals surface area contributed by atoms with Crippen LogP contribution in [-0.4, -0.2) is 15.9 Å². The van der Waals surface area contributed by atoms with E-state index in [0.29, 0.717) is 23.1 Å². The van der Waals surface area contributed by atoms with Crippen molar-refractivity contribution in [3.63, 3.8) is 0 Å². The van der Waals surface area contributed by atoms with Gasteiger partial charge in [0.25, 0.3) is 5.56 Å². The quantitative estimate of drug-likeness (QED) is 0.682. The molecular weight excluding hydrogens is 372 g/mol. The number of ether oxygens (including phenoxy) is 1. The van der Waals surface area contributed by atoms with Crippen molar-refractivity contribution >= 4 is 32.8 Å². The molecule has 0 atom stereocenters. The molecule has 3 rings (SSSR count). The molecule has 3 aromatic rings. The minimum atomic E-state index is -0.332. The first-order valence-electron chi connectivity index (χ1n) is 7.50. The van der Waals surface area contributed by atoms with Crippen molar-refractivity contribution in [2.45, 2.75) is 19.4 Å². The zero-order valence-corrected chi connectivity index (χ0v) is 14.4. The first-order valence-corrected chi connectivity index (χ1v) is 8.30. The maximum absolute atomic E-state index is 12.0.